The standard InChI is InChI=1S/C20H16ClN3O/c21-16-9-10-20(25)19(11-16)24-13-15-6-2-4-8-18(15)23-12-14-5-1-3-7-17(14)22/h1-13,25H,22H2. The van der Waals surface area contributed by atoms with Crippen LogP contribution < -0.4 is 5.73 Å². The number of halogens is 1. The highest BCUT2D eigenvalue weighted by atomic mass is 35.5. The number of hydrogen-bond acceptors (Lipinski definition) is 4. The van der Waals surface area contributed by atoms with E-state index in [0.29, 0.717) is 16.4 Å². The molecule has 3 N–H and O–H groups in total. The van der Waals surface area contributed by atoms with Gasteiger partial charge in [-0.25, -0.2) is 0 Å². The average molecular weight is 350 g/mol. The van der Waals surface area contributed by atoms with Gasteiger partial charge in [0.2, 0.25) is 0 Å². The van der Waals surface area contributed by atoms with Crippen LogP contribution in [0.25, 0.3) is 0 Å². The zero-order valence-electron chi connectivity index (χ0n) is 13.3. The first-order valence-electron chi connectivity index (χ1n) is 7.63. The van der Waals surface area contributed by atoms with Gasteiger partial charge < -0.3 is 10.8 Å². The van der Waals surface area contributed by atoms with Gasteiger partial charge in [-0.1, -0.05) is 48.0 Å². The van der Waals surface area contributed by atoms with Crippen LogP contribution in [0.4, 0.5) is 17.1 Å². The lowest BCUT2D eigenvalue weighted by molar-refractivity contribution is 0.477. The first-order valence-corrected chi connectivity index (χ1v) is 8.01. The minimum Gasteiger partial charge on any atom is -0.506 e. The summed E-state index contributed by atoms with van der Waals surface area (Å²) >= 11 is 5.94. The van der Waals surface area contributed by atoms with Crippen molar-refractivity contribution in [2.75, 3.05) is 5.73 Å². The van der Waals surface area contributed by atoms with E-state index in [1.165, 1.54) is 6.07 Å². The zero-order valence-corrected chi connectivity index (χ0v) is 14.1. The second-order valence-corrected chi connectivity index (χ2v) is 5.77. The Bertz CT molecular complexity index is 951. The molecule has 25 heavy (non-hydrogen) atoms. The van der Waals surface area contributed by atoms with Crippen LogP contribution in [0, 0.1) is 0 Å². The molecule has 0 amide bonds. The number of rotatable bonds is 4. The third-order valence-electron chi connectivity index (χ3n) is 3.56. The molecule has 0 spiro atoms. The van der Waals surface area contributed by atoms with Crippen LogP contribution in [0.2, 0.25) is 5.02 Å². The number of nitrogens with zero attached hydrogens (tertiary/aromatic N) is 2. The SMILES string of the molecule is Nc1ccccc1C=Nc1ccccc1C=Nc1cc(Cl)ccc1O. The van der Waals surface area contributed by atoms with Crippen molar-refractivity contribution in [2.24, 2.45) is 9.98 Å². The van der Waals surface area contributed by atoms with Crippen molar-refractivity contribution in [3.05, 3.63) is 82.9 Å². The van der Waals surface area contributed by atoms with Crippen molar-refractivity contribution in [3.63, 3.8) is 0 Å². The average Bonchev–Trinajstić information content (AvgIpc) is 2.62. The van der Waals surface area contributed by atoms with E-state index in [2.05, 4.69) is 9.98 Å². The number of nitrogens with two attached hydrogens (primary N) is 1. The van der Waals surface area contributed by atoms with Crippen molar-refractivity contribution >= 4 is 41.1 Å². The lowest BCUT2D eigenvalue weighted by Gasteiger charge is -2.02. The molecule has 0 radical (unpaired) electrons. The largest absolute Gasteiger partial charge is 0.506 e. The fraction of sp³-hybridized carbons (Fsp3) is 0. The molecule has 0 aliphatic carbocycles. The summed E-state index contributed by atoms with van der Waals surface area (Å²) in [6.07, 6.45) is 3.37. The van der Waals surface area contributed by atoms with Gasteiger partial charge in [0, 0.05) is 34.3 Å². The Morgan fingerprint density at radius 3 is 2.24 bits per heavy atom. The third kappa shape index (κ3) is 4.25. The molecule has 0 aliphatic rings. The van der Waals surface area contributed by atoms with E-state index >= 15 is 0 Å². The molecule has 0 fully saturated rings. The Morgan fingerprint density at radius 1 is 0.800 bits per heavy atom. The summed E-state index contributed by atoms with van der Waals surface area (Å²) in [4.78, 5) is 8.82. The molecule has 0 saturated carbocycles. The molecule has 0 aromatic heterocycles. The summed E-state index contributed by atoms with van der Waals surface area (Å²) in [5, 5.41) is 10.4. The van der Waals surface area contributed by atoms with Gasteiger partial charge in [-0.15, -0.1) is 0 Å². The molecule has 0 atom stereocenters. The monoisotopic (exact) mass is 349 g/mol. The molecule has 3 aromatic rings. The van der Waals surface area contributed by atoms with Gasteiger partial charge in [-0.2, -0.15) is 0 Å². The van der Waals surface area contributed by atoms with E-state index in [4.69, 9.17) is 17.3 Å². The number of para-hydroxylation sites is 2. The fourth-order valence-corrected chi connectivity index (χ4v) is 2.39. The predicted molar refractivity (Wildman–Crippen MR) is 105 cm³/mol. The minimum atomic E-state index is 0.0682. The maximum absolute atomic E-state index is 9.85. The van der Waals surface area contributed by atoms with Gasteiger partial charge in [0.25, 0.3) is 0 Å². The van der Waals surface area contributed by atoms with Crippen molar-refractivity contribution in [1.29, 1.82) is 0 Å². The molecule has 4 nitrogen and oxygen atoms in total. The molecule has 0 saturated heterocycles. The molecule has 0 unspecified atom stereocenters. The van der Waals surface area contributed by atoms with Gasteiger partial charge >= 0.3 is 0 Å². The molecule has 0 aliphatic heterocycles. The molecule has 0 bridgehead atoms. The quantitative estimate of drug-likeness (QED) is 0.506. The summed E-state index contributed by atoms with van der Waals surface area (Å²) in [6.45, 7) is 0. The number of hydrogen-bond donors (Lipinski definition) is 2. The number of anilines is 1. The van der Waals surface area contributed by atoms with Gasteiger partial charge in [0.05, 0.1) is 5.69 Å². The lowest BCUT2D eigenvalue weighted by Crippen LogP contribution is -1.92. The van der Waals surface area contributed by atoms with E-state index in [0.717, 1.165) is 16.8 Å². The topological polar surface area (TPSA) is 71.0 Å². The van der Waals surface area contributed by atoms with E-state index in [1.807, 2.05) is 48.5 Å². The molecule has 3 aromatic carbocycles. The van der Waals surface area contributed by atoms with Crippen LogP contribution in [0.5, 0.6) is 5.75 Å². The van der Waals surface area contributed by atoms with Crippen LogP contribution in [-0.2, 0) is 0 Å². The maximum Gasteiger partial charge on any atom is 0.141 e. The van der Waals surface area contributed by atoms with Crippen LogP contribution in [0.1, 0.15) is 11.1 Å². The molecule has 5 heteroatoms. The Kier molecular flexibility index (Phi) is 5.11. The Balaban J connectivity index is 1.90. The number of phenols is 1. The van der Waals surface area contributed by atoms with E-state index in [-0.39, 0.29) is 5.75 Å². The van der Waals surface area contributed by atoms with Crippen molar-refractivity contribution in [2.45, 2.75) is 0 Å². The first kappa shape index (κ1) is 16.7. The molecular formula is C20H16ClN3O. The Morgan fingerprint density at radius 2 is 1.44 bits per heavy atom. The highest BCUT2D eigenvalue weighted by molar-refractivity contribution is 6.30. The van der Waals surface area contributed by atoms with E-state index in [9.17, 15) is 5.11 Å². The molecule has 0 heterocycles. The third-order valence-corrected chi connectivity index (χ3v) is 3.79. The summed E-state index contributed by atoms with van der Waals surface area (Å²) in [5.74, 6) is 0.0682. The van der Waals surface area contributed by atoms with Crippen molar-refractivity contribution < 1.29 is 5.11 Å². The maximum atomic E-state index is 9.85. The Hall–Kier alpha value is -3.11. The summed E-state index contributed by atoms with van der Waals surface area (Å²) < 4.78 is 0. The second-order valence-electron chi connectivity index (χ2n) is 5.34. The number of phenolic OH excluding ortho intramolecular Hbond substituents is 1. The Labute approximate surface area is 151 Å². The van der Waals surface area contributed by atoms with Crippen LogP contribution >= 0.6 is 11.6 Å². The number of aromatic hydroxyl groups is 1. The highest BCUT2D eigenvalue weighted by Gasteiger charge is 2.01. The molecule has 124 valence electrons. The van der Waals surface area contributed by atoms with Crippen LogP contribution in [0.3, 0.4) is 0 Å². The van der Waals surface area contributed by atoms with Crippen molar-refractivity contribution in [3.8, 4) is 5.75 Å². The smallest absolute Gasteiger partial charge is 0.141 e. The van der Waals surface area contributed by atoms with Crippen LogP contribution in [0.15, 0.2) is 76.7 Å². The summed E-state index contributed by atoms with van der Waals surface area (Å²) in [6, 6.07) is 19.8. The van der Waals surface area contributed by atoms with Gasteiger partial charge in [0.15, 0.2) is 0 Å². The molecule has 3 rings (SSSR count). The predicted octanol–water partition coefficient (Wildman–Crippen LogP) is 5.13. The fourth-order valence-electron chi connectivity index (χ4n) is 2.22. The highest BCUT2D eigenvalue weighted by Crippen LogP contribution is 2.29. The second kappa shape index (κ2) is 7.64. The summed E-state index contributed by atoms with van der Waals surface area (Å²) in [5.41, 5.74) is 9.41. The number of aliphatic imine (C=N–C) groups is 2. The van der Waals surface area contributed by atoms with Gasteiger partial charge in [0.1, 0.15) is 11.4 Å². The van der Waals surface area contributed by atoms with Gasteiger partial charge in [-0.05, 0) is 30.3 Å². The zero-order chi connectivity index (χ0) is 17.6. The summed E-state index contributed by atoms with van der Waals surface area (Å²) in [7, 11) is 0. The van der Waals surface area contributed by atoms with Gasteiger partial charge in [-0.3, -0.25) is 9.98 Å². The van der Waals surface area contributed by atoms with Crippen molar-refractivity contribution in [1.82, 2.24) is 0 Å². The number of benzene rings is 3. The minimum absolute atomic E-state index is 0.0682. The van der Waals surface area contributed by atoms with Crippen LogP contribution in [-0.4, -0.2) is 17.5 Å². The normalized spacial score (nSPS) is 11.4. The van der Waals surface area contributed by atoms with E-state index < -0.39 is 0 Å². The number of nitrogen functional groups attached to an aromatic ring is 1. The molecular weight excluding hydrogens is 334 g/mol. The lowest BCUT2D eigenvalue weighted by atomic mass is 10.2. The first-order chi connectivity index (χ1) is 12.1. The van der Waals surface area contributed by atoms with E-state index in [1.54, 1.807) is 24.6 Å².